The Bertz CT molecular complexity index is 623. The van der Waals surface area contributed by atoms with Crippen LogP contribution in [0.2, 0.25) is 0 Å². The molecule has 16 heteroatoms. The van der Waals surface area contributed by atoms with E-state index >= 15 is 0 Å². The summed E-state index contributed by atoms with van der Waals surface area (Å²) in [5.41, 5.74) is 0. The first-order valence-corrected chi connectivity index (χ1v) is 10.4. The summed E-state index contributed by atoms with van der Waals surface area (Å²) in [4.78, 5) is 11.5. The van der Waals surface area contributed by atoms with Gasteiger partial charge in [-0.1, -0.05) is 0 Å². The van der Waals surface area contributed by atoms with E-state index in [4.69, 9.17) is 24.1 Å². The Morgan fingerprint density at radius 3 is 1.76 bits per heavy atom. The molecule has 34 heavy (non-hydrogen) atoms. The fourth-order valence-corrected chi connectivity index (χ4v) is 3.52. The number of hydrogen-bond acceptors (Lipinski definition) is 16. The van der Waals surface area contributed by atoms with Gasteiger partial charge in [-0.05, 0) is 0 Å². The van der Waals surface area contributed by atoms with Gasteiger partial charge in [-0.25, -0.2) is 0 Å². The van der Waals surface area contributed by atoms with E-state index < -0.39 is 106 Å². The first-order valence-electron chi connectivity index (χ1n) is 10.4. The molecule has 2 heterocycles. The van der Waals surface area contributed by atoms with Crippen LogP contribution >= 0.6 is 0 Å². The van der Waals surface area contributed by atoms with Crippen molar-refractivity contribution in [3.05, 3.63) is 0 Å². The lowest BCUT2D eigenvalue weighted by molar-refractivity contribution is -0.372. The third kappa shape index (κ3) is 6.25. The van der Waals surface area contributed by atoms with Gasteiger partial charge in [0.25, 0.3) is 0 Å². The number of aliphatic hydroxyl groups excluding tert-OH is 11. The molecule has 0 aromatic heterocycles. The van der Waals surface area contributed by atoms with Crippen LogP contribution < -0.4 is 0 Å². The summed E-state index contributed by atoms with van der Waals surface area (Å²) >= 11 is 0. The van der Waals surface area contributed by atoms with Gasteiger partial charge in [0.2, 0.25) is 0 Å². The summed E-state index contributed by atoms with van der Waals surface area (Å²) in [5.74, 6) is 0. The quantitative estimate of drug-likeness (QED) is 0.117. The van der Waals surface area contributed by atoms with Crippen molar-refractivity contribution in [2.24, 2.45) is 0 Å². The van der Waals surface area contributed by atoms with Crippen LogP contribution in [0.15, 0.2) is 0 Å². The molecule has 2 rings (SSSR count). The molecule has 0 spiro atoms. The first kappa shape index (κ1) is 29.3. The van der Waals surface area contributed by atoms with E-state index in [0.29, 0.717) is 0 Å². The maximum atomic E-state index is 11.5. The number of rotatable bonds is 11. The van der Waals surface area contributed by atoms with Crippen molar-refractivity contribution in [2.75, 3.05) is 19.8 Å². The molecule has 200 valence electrons. The van der Waals surface area contributed by atoms with E-state index in [1.807, 2.05) is 0 Å². The Morgan fingerprint density at radius 1 is 0.735 bits per heavy atom. The summed E-state index contributed by atoms with van der Waals surface area (Å²) in [6.07, 6.45) is -25.6. The molecule has 0 amide bonds. The SMILES string of the molecule is O=CC(OC1OC(CO)C(O)C(O)C1OC1OC(CO)C(O)C(O)C1O)C(O)C(O)C(O)CO. The lowest BCUT2D eigenvalue weighted by Gasteiger charge is -2.46. The average Bonchev–Trinajstić information content (AvgIpc) is 2.84. The highest BCUT2D eigenvalue weighted by Gasteiger charge is 2.51. The van der Waals surface area contributed by atoms with Crippen LogP contribution in [0.25, 0.3) is 0 Å². The van der Waals surface area contributed by atoms with Crippen molar-refractivity contribution in [1.29, 1.82) is 0 Å². The zero-order valence-electron chi connectivity index (χ0n) is 17.7. The molecule has 2 aliphatic rings. The minimum Gasteiger partial charge on any atom is -0.394 e. The van der Waals surface area contributed by atoms with Gasteiger partial charge >= 0.3 is 0 Å². The fourth-order valence-electron chi connectivity index (χ4n) is 3.52. The van der Waals surface area contributed by atoms with Crippen molar-refractivity contribution >= 4 is 6.29 Å². The number of carbonyl (C=O) groups is 1. The second-order valence-corrected chi connectivity index (χ2v) is 7.97. The number of carbonyl (C=O) groups excluding carboxylic acids is 1. The molecular weight excluding hydrogens is 472 g/mol. The molecule has 0 saturated carbocycles. The van der Waals surface area contributed by atoms with Gasteiger partial charge in [0.15, 0.2) is 18.9 Å². The average molecular weight is 504 g/mol. The van der Waals surface area contributed by atoms with Crippen LogP contribution in [-0.2, 0) is 23.7 Å². The summed E-state index contributed by atoms with van der Waals surface area (Å²) < 4.78 is 21.1. The van der Waals surface area contributed by atoms with Crippen LogP contribution in [0.5, 0.6) is 0 Å². The Labute approximate surface area is 192 Å². The lowest BCUT2D eigenvalue weighted by Crippen LogP contribution is -2.65. The van der Waals surface area contributed by atoms with E-state index in [2.05, 4.69) is 0 Å². The van der Waals surface area contributed by atoms with Gasteiger partial charge in [-0.15, -0.1) is 0 Å². The smallest absolute Gasteiger partial charge is 0.188 e. The van der Waals surface area contributed by atoms with Gasteiger partial charge < -0.3 is 79.9 Å². The standard InChI is InChI=1S/C18H32O16/c19-1-5(23)9(24)10(25)6(2-20)32-18-16(14(29)12(27)8(4-22)33-18)34-17-15(30)13(28)11(26)7(3-21)31-17/h2,5-19,21-30H,1,3-4H2. The van der Waals surface area contributed by atoms with Crippen molar-refractivity contribution in [3.8, 4) is 0 Å². The monoisotopic (exact) mass is 504 g/mol. The number of ether oxygens (including phenoxy) is 4. The Morgan fingerprint density at radius 2 is 1.26 bits per heavy atom. The second kappa shape index (κ2) is 12.9. The topological polar surface area (TPSA) is 277 Å². The highest BCUT2D eigenvalue weighted by atomic mass is 16.8. The zero-order chi connectivity index (χ0) is 25.7. The molecule has 2 aliphatic heterocycles. The molecule has 0 aromatic carbocycles. The Kier molecular flexibility index (Phi) is 11.1. The van der Waals surface area contributed by atoms with E-state index in [0.717, 1.165) is 0 Å². The number of aliphatic hydroxyl groups is 11. The molecule has 0 radical (unpaired) electrons. The minimum atomic E-state index is -2.12. The molecule has 14 atom stereocenters. The second-order valence-electron chi connectivity index (χ2n) is 7.97. The maximum Gasteiger partial charge on any atom is 0.188 e. The predicted octanol–water partition coefficient (Wildman–Crippen LogP) is -7.73. The van der Waals surface area contributed by atoms with Crippen molar-refractivity contribution in [1.82, 2.24) is 0 Å². The van der Waals surface area contributed by atoms with Crippen molar-refractivity contribution in [2.45, 2.75) is 85.8 Å². The third-order valence-electron chi connectivity index (χ3n) is 5.66. The van der Waals surface area contributed by atoms with Crippen LogP contribution in [0.4, 0.5) is 0 Å². The Balaban J connectivity index is 2.26. The van der Waals surface area contributed by atoms with Crippen molar-refractivity contribution < 1.29 is 79.9 Å². The molecule has 0 aliphatic carbocycles. The van der Waals surface area contributed by atoms with Crippen molar-refractivity contribution in [3.63, 3.8) is 0 Å². The summed E-state index contributed by atoms with van der Waals surface area (Å²) in [7, 11) is 0. The third-order valence-corrected chi connectivity index (χ3v) is 5.66. The molecular formula is C18H32O16. The largest absolute Gasteiger partial charge is 0.394 e. The van der Waals surface area contributed by atoms with Gasteiger partial charge in [0.1, 0.15) is 73.2 Å². The maximum absolute atomic E-state index is 11.5. The normalized spacial score (nSPS) is 42.6. The van der Waals surface area contributed by atoms with Crippen LogP contribution in [0.1, 0.15) is 0 Å². The molecule has 2 saturated heterocycles. The molecule has 2 fully saturated rings. The van der Waals surface area contributed by atoms with Gasteiger partial charge in [0, 0.05) is 0 Å². The van der Waals surface area contributed by atoms with E-state index in [1.54, 1.807) is 0 Å². The molecule has 16 nitrogen and oxygen atoms in total. The molecule has 11 N–H and O–H groups in total. The van der Waals surface area contributed by atoms with Crippen LogP contribution in [0.3, 0.4) is 0 Å². The van der Waals surface area contributed by atoms with E-state index in [-0.39, 0.29) is 6.29 Å². The highest BCUT2D eigenvalue weighted by Crippen LogP contribution is 2.30. The van der Waals surface area contributed by atoms with E-state index in [1.165, 1.54) is 0 Å². The zero-order valence-corrected chi connectivity index (χ0v) is 17.7. The molecule has 0 bridgehead atoms. The lowest BCUT2D eigenvalue weighted by atomic mass is 9.97. The fraction of sp³-hybridized carbons (Fsp3) is 0.944. The molecule has 0 aromatic rings. The minimum absolute atomic E-state index is 0.00235. The van der Waals surface area contributed by atoms with Gasteiger partial charge in [0.05, 0.1) is 19.8 Å². The summed E-state index contributed by atoms with van der Waals surface area (Å²) in [6, 6.07) is 0. The Hall–Kier alpha value is -0.930. The summed E-state index contributed by atoms with van der Waals surface area (Å²) in [6.45, 7) is -2.61. The van der Waals surface area contributed by atoms with Gasteiger partial charge in [-0.3, -0.25) is 0 Å². The van der Waals surface area contributed by atoms with E-state index in [9.17, 15) is 55.9 Å². The number of aldehydes is 1. The summed E-state index contributed by atoms with van der Waals surface area (Å²) in [5, 5.41) is 108. The molecule has 14 unspecified atom stereocenters. The van der Waals surface area contributed by atoms with Crippen LogP contribution in [-0.4, -0.2) is 168 Å². The van der Waals surface area contributed by atoms with Crippen LogP contribution in [0, 0.1) is 0 Å². The van der Waals surface area contributed by atoms with Gasteiger partial charge in [-0.2, -0.15) is 0 Å². The predicted molar refractivity (Wildman–Crippen MR) is 102 cm³/mol. The highest BCUT2D eigenvalue weighted by molar-refractivity contribution is 5.57. The number of hydrogen-bond donors (Lipinski definition) is 11. The first-order chi connectivity index (χ1) is 16.0.